The number of benzene rings is 1. The van der Waals surface area contributed by atoms with Crippen LogP contribution in [-0.4, -0.2) is 76.8 Å². The normalized spacial score (nSPS) is 19.9. The van der Waals surface area contributed by atoms with Crippen molar-refractivity contribution in [3.8, 4) is 0 Å². The Kier molecular flexibility index (Phi) is 8.85. The summed E-state index contributed by atoms with van der Waals surface area (Å²) in [6.45, 7) is 4.14. The molecule has 35 heavy (non-hydrogen) atoms. The number of methoxy groups -OCH3 is 1. The van der Waals surface area contributed by atoms with Crippen LogP contribution in [0.15, 0.2) is 54.7 Å². The molecule has 10 heteroatoms. The van der Waals surface area contributed by atoms with Gasteiger partial charge in [-0.1, -0.05) is 36.4 Å². The van der Waals surface area contributed by atoms with Gasteiger partial charge in [-0.3, -0.25) is 14.7 Å². The summed E-state index contributed by atoms with van der Waals surface area (Å²) in [4.78, 5) is 31.3. The third kappa shape index (κ3) is 6.79. The molecule has 190 valence electrons. The first-order chi connectivity index (χ1) is 16.7. The minimum absolute atomic E-state index is 0.0274. The second-order valence-electron chi connectivity index (χ2n) is 8.77. The first-order valence-corrected chi connectivity index (χ1v) is 11.4. The maximum absolute atomic E-state index is 13.3. The van der Waals surface area contributed by atoms with Gasteiger partial charge in [0.15, 0.2) is 0 Å². The summed E-state index contributed by atoms with van der Waals surface area (Å²) in [5, 5.41) is 7.12. The molecule has 2 saturated heterocycles. The first-order valence-electron chi connectivity index (χ1n) is 11.4. The second-order valence-corrected chi connectivity index (χ2v) is 8.77. The molecule has 1 spiro atoms. The molecular formula is C25H30F3N3O4. The van der Waals surface area contributed by atoms with E-state index in [-0.39, 0.29) is 17.4 Å². The summed E-state index contributed by atoms with van der Waals surface area (Å²) >= 11 is 0. The molecule has 1 unspecified atom stereocenters. The number of aliphatic carboxylic acids is 1. The smallest absolute Gasteiger partial charge is 0.475 e. The second kappa shape index (κ2) is 11.6. The number of alkyl halides is 3. The number of nitrogens with zero attached hydrogens (tertiary/aromatic N) is 3. The number of carboxylic acid groups (broad SMARTS) is 1. The molecule has 4 rings (SSSR count). The fourth-order valence-corrected chi connectivity index (χ4v) is 4.80. The minimum Gasteiger partial charge on any atom is -0.475 e. The van der Waals surface area contributed by atoms with Crippen LogP contribution in [0.3, 0.4) is 0 Å². The summed E-state index contributed by atoms with van der Waals surface area (Å²) in [7, 11) is 1.71. The average molecular weight is 494 g/mol. The Bertz CT molecular complexity index is 965. The molecule has 0 aliphatic carbocycles. The van der Waals surface area contributed by atoms with Crippen molar-refractivity contribution in [1.29, 1.82) is 0 Å². The van der Waals surface area contributed by atoms with Crippen molar-refractivity contribution >= 4 is 11.9 Å². The van der Waals surface area contributed by atoms with Gasteiger partial charge in [0.05, 0.1) is 18.2 Å². The van der Waals surface area contributed by atoms with E-state index in [0.717, 1.165) is 50.2 Å². The van der Waals surface area contributed by atoms with E-state index >= 15 is 0 Å². The van der Waals surface area contributed by atoms with Crippen molar-refractivity contribution in [3.05, 3.63) is 66.0 Å². The molecule has 7 nitrogen and oxygen atoms in total. The number of carbonyl (C=O) groups excluding carboxylic acids is 1. The molecule has 1 atom stereocenters. The summed E-state index contributed by atoms with van der Waals surface area (Å²) in [5.74, 6) is -2.52. The van der Waals surface area contributed by atoms with Gasteiger partial charge in [0, 0.05) is 45.0 Å². The molecule has 2 aliphatic rings. The zero-order chi connectivity index (χ0) is 25.5. The highest BCUT2D eigenvalue weighted by Crippen LogP contribution is 2.45. The van der Waals surface area contributed by atoms with Crippen LogP contribution < -0.4 is 0 Å². The third-order valence-electron chi connectivity index (χ3n) is 6.58. The Morgan fingerprint density at radius 1 is 1.14 bits per heavy atom. The quantitative estimate of drug-likeness (QED) is 0.661. The van der Waals surface area contributed by atoms with E-state index in [4.69, 9.17) is 14.6 Å². The fourth-order valence-electron chi connectivity index (χ4n) is 4.80. The standard InChI is InChI=1S/C23H29N3O2.C2HF3O2/c1-28-16-15-26-22(27)21(19-7-3-2-4-8-19)17-23(26)10-13-25(14-11-23)18-20-9-5-6-12-24-20;3-2(4,5)1(6)7/h2-9,12,21H,10-11,13-18H2,1H3;(H,6,7). The molecule has 0 radical (unpaired) electrons. The molecule has 0 saturated carbocycles. The van der Waals surface area contributed by atoms with Gasteiger partial charge in [-0.25, -0.2) is 4.79 Å². The molecular weight excluding hydrogens is 463 g/mol. The molecule has 3 heterocycles. The van der Waals surface area contributed by atoms with Crippen molar-refractivity contribution in [2.45, 2.75) is 43.4 Å². The van der Waals surface area contributed by atoms with Crippen LogP contribution in [0, 0.1) is 0 Å². The average Bonchev–Trinajstić information content (AvgIpc) is 3.11. The van der Waals surface area contributed by atoms with Crippen molar-refractivity contribution in [2.24, 2.45) is 0 Å². The van der Waals surface area contributed by atoms with Crippen molar-refractivity contribution < 1.29 is 32.6 Å². The van der Waals surface area contributed by atoms with E-state index in [1.807, 2.05) is 36.5 Å². The summed E-state index contributed by atoms with van der Waals surface area (Å²) in [6, 6.07) is 16.3. The molecule has 2 fully saturated rings. The Morgan fingerprint density at radius 2 is 1.77 bits per heavy atom. The lowest BCUT2D eigenvalue weighted by Crippen LogP contribution is -2.53. The van der Waals surface area contributed by atoms with E-state index < -0.39 is 12.1 Å². The predicted molar refractivity (Wildman–Crippen MR) is 123 cm³/mol. The van der Waals surface area contributed by atoms with E-state index in [2.05, 4.69) is 33.0 Å². The monoisotopic (exact) mass is 493 g/mol. The minimum atomic E-state index is -5.08. The predicted octanol–water partition coefficient (Wildman–Crippen LogP) is 3.71. The summed E-state index contributed by atoms with van der Waals surface area (Å²) in [6.07, 6.45) is -0.290. The lowest BCUT2D eigenvalue weighted by molar-refractivity contribution is -0.192. The molecule has 2 aromatic rings. The number of amides is 1. The van der Waals surface area contributed by atoms with Gasteiger partial charge in [0.25, 0.3) is 0 Å². The molecule has 1 N–H and O–H groups in total. The lowest BCUT2D eigenvalue weighted by atomic mass is 9.81. The molecule has 1 aromatic carbocycles. The van der Waals surface area contributed by atoms with Gasteiger partial charge in [0.2, 0.25) is 5.91 Å². The zero-order valence-electron chi connectivity index (χ0n) is 19.6. The van der Waals surface area contributed by atoms with Crippen molar-refractivity contribution in [2.75, 3.05) is 33.4 Å². The number of carbonyl (C=O) groups is 2. The highest BCUT2D eigenvalue weighted by molar-refractivity contribution is 5.87. The number of ether oxygens (including phenoxy) is 1. The van der Waals surface area contributed by atoms with Gasteiger partial charge in [-0.15, -0.1) is 0 Å². The van der Waals surface area contributed by atoms with Gasteiger partial charge in [0.1, 0.15) is 0 Å². The molecule has 0 bridgehead atoms. The van der Waals surface area contributed by atoms with Crippen LogP contribution in [-0.2, 0) is 20.9 Å². The van der Waals surface area contributed by atoms with Gasteiger partial charge < -0.3 is 14.7 Å². The fraction of sp³-hybridized carbons (Fsp3) is 0.480. The van der Waals surface area contributed by atoms with Gasteiger partial charge in [-0.2, -0.15) is 13.2 Å². The number of piperidine rings is 1. The number of halogens is 3. The van der Waals surface area contributed by atoms with E-state index in [1.54, 1.807) is 7.11 Å². The number of hydrogen-bond acceptors (Lipinski definition) is 5. The Morgan fingerprint density at radius 3 is 2.31 bits per heavy atom. The zero-order valence-corrected chi connectivity index (χ0v) is 19.6. The lowest BCUT2D eigenvalue weighted by Gasteiger charge is -2.45. The first kappa shape index (κ1) is 26.6. The number of rotatable bonds is 6. The van der Waals surface area contributed by atoms with Crippen molar-refractivity contribution in [1.82, 2.24) is 14.8 Å². The SMILES string of the molecule is COCCN1C(=O)C(c2ccccc2)CC12CCN(Cc1ccccn1)CC2.O=C(O)C(F)(F)F. The Hall–Kier alpha value is -2.98. The highest BCUT2D eigenvalue weighted by atomic mass is 19.4. The molecule has 1 aromatic heterocycles. The maximum atomic E-state index is 13.3. The largest absolute Gasteiger partial charge is 0.490 e. The van der Waals surface area contributed by atoms with Gasteiger partial charge >= 0.3 is 12.1 Å². The van der Waals surface area contributed by atoms with Gasteiger partial charge in [-0.05, 0) is 37.0 Å². The molecule has 1 amide bonds. The summed E-state index contributed by atoms with van der Waals surface area (Å²) < 4.78 is 37.1. The Balaban J connectivity index is 0.000000429. The Labute approximate surface area is 202 Å². The highest BCUT2D eigenvalue weighted by Gasteiger charge is 2.51. The van der Waals surface area contributed by atoms with Crippen LogP contribution in [0.5, 0.6) is 0 Å². The summed E-state index contributed by atoms with van der Waals surface area (Å²) in [5.41, 5.74) is 2.21. The van der Waals surface area contributed by atoms with Crippen LogP contribution in [0.2, 0.25) is 0 Å². The van der Waals surface area contributed by atoms with Crippen LogP contribution >= 0.6 is 0 Å². The third-order valence-corrected chi connectivity index (χ3v) is 6.58. The van der Waals surface area contributed by atoms with E-state index in [0.29, 0.717) is 13.2 Å². The van der Waals surface area contributed by atoms with E-state index in [1.165, 1.54) is 0 Å². The van der Waals surface area contributed by atoms with Crippen LogP contribution in [0.4, 0.5) is 13.2 Å². The number of pyridine rings is 1. The number of likely N-dealkylation sites (tertiary alicyclic amines) is 2. The number of hydrogen-bond donors (Lipinski definition) is 1. The van der Waals surface area contributed by atoms with E-state index in [9.17, 15) is 18.0 Å². The van der Waals surface area contributed by atoms with Crippen LogP contribution in [0.25, 0.3) is 0 Å². The number of carboxylic acids is 1. The van der Waals surface area contributed by atoms with Crippen LogP contribution in [0.1, 0.15) is 36.4 Å². The van der Waals surface area contributed by atoms with Crippen molar-refractivity contribution in [3.63, 3.8) is 0 Å². The topological polar surface area (TPSA) is 83.0 Å². The number of aromatic nitrogens is 1. The molecule has 2 aliphatic heterocycles. The maximum Gasteiger partial charge on any atom is 0.490 e.